The molecular formula is C26H24N2O6. The van der Waals surface area contributed by atoms with Crippen LogP contribution in [0, 0.1) is 0 Å². The van der Waals surface area contributed by atoms with Gasteiger partial charge in [0, 0.05) is 18.2 Å². The van der Waals surface area contributed by atoms with Crippen molar-refractivity contribution in [3.8, 4) is 11.5 Å². The van der Waals surface area contributed by atoms with Crippen LogP contribution in [0.15, 0.2) is 72.8 Å². The van der Waals surface area contributed by atoms with Crippen molar-refractivity contribution in [1.29, 1.82) is 0 Å². The number of methoxy groups -OCH3 is 1. The molecule has 3 aromatic rings. The number of carbonyl (C=O) groups excluding carboxylic acids is 3. The highest BCUT2D eigenvalue weighted by atomic mass is 16.6. The monoisotopic (exact) mass is 460 g/mol. The second-order valence-corrected chi connectivity index (χ2v) is 7.69. The fourth-order valence-corrected chi connectivity index (χ4v) is 3.53. The third kappa shape index (κ3) is 5.17. The molecule has 8 heteroatoms. The molecule has 3 aromatic carbocycles. The van der Waals surface area contributed by atoms with Crippen LogP contribution < -0.4 is 19.7 Å². The van der Waals surface area contributed by atoms with Crippen LogP contribution in [0.4, 0.5) is 11.4 Å². The summed E-state index contributed by atoms with van der Waals surface area (Å²) in [5, 5.41) is 2.82. The number of rotatable bonds is 6. The first-order chi connectivity index (χ1) is 16.4. The molecule has 1 aliphatic rings. The van der Waals surface area contributed by atoms with Gasteiger partial charge < -0.3 is 24.4 Å². The highest BCUT2D eigenvalue weighted by Gasteiger charge is 2.33. The second-order valence-electron chi connectivity index (χ2n) is 7.69. The number of hydrogen-bond donors (Lipinski definition) is 1. The lowest BCUT2D eigenvalue weighted by atomic mass is 10.1. The van der Waals surface area contributed by atoms with Gasteiger partial charge in [0.2, 0.25) is 12.0 Å². The van der Waals surface area contributed by atoms with E-state index in [1.165, 1.54) is 11.8 Å². The van der Waals surface area contributed by atoms with Gasteiger partial charge >= 0.3 is 5.97 Å². The molecule has 0 bridgehead atoms. The molecule has 34 heavy (non-hydrogen) atoms. The zero-order valence-corrected chi connectivity index (χ0v) is 18.8. The summed E-state index contributed by atoms with van der Waals surface area (Å²) >= 11 is 0. The first-order valence-corrected chi connectivity index (χ1v) is 10.7. The number of anilines is 2. The van der Waals surface area contributed by atoms with Crippen LogP contribution in [-0.4, -0.2) is 37.5 Å². The van der Waals surface area contributed by atoms with Gasteiger partial charge in [-0.05, 0) is 54.1 Å². The number of benzene rings is 3. The minimum Gasteiger partial charge on any atom is -0.497 e. The summed E-state index contributed by atoms with van der Waals surface area (Å²) in [5.74, 6) is 0.151. The minimum atomic E-state index is -0.923. The number of para-hydroxylation sites is 2. The number of nitrogens with one attached hydrogen (secondary N) is 1. The van der Waals surface area contributed by atoms with E-state index in [1.807, 2.05) is 0 Å². The average molecular weight is 460 g/mol. The minimum absolute atomic E-state index is 0.0147. The van der Waals surface area contributed by atoms with Crippen molar-refractivity contribution in [3.05, 3.63) is 83.9 Å². The molecule has 0 aliphatic carbocycles. The van der Waals surface area contributed by atoms with E-state index in [1.54, 1.807) is 79.9 Å². The molecular weight excluding hydrogens is 436 g/mol. The van der Waals surface area contributed by atoms with Crippen LogP contribution >= 0.6 is 0 Å². The maximum absolute atomic E-state index is 12.6. The lowest BCUT2D eigenvalue weighted by Gasteiger charge is -2.33. The van der Waals surface area contributed by atoms with Crippen molar-refractivity contribution in [2.45, 2.75) is 19.6 Å². The predicted octanol–water partition coefficient (Wildman–Crippen LogP) is 3.80. The van der Waals surface area contributed by atoms with Gasteiger partial charge in [-0.2, -0.15) is 0 Å². The van der Waals surface area contributed by atoms with E-state index >= 15 is 0 Å². The van der Waals surface area contributed by atoms with Crippen molar-refractivity contribution in [3.63, 3.8) is 0 Å². The number of amides is 2. The number of fused-ring (bicyclic) bond motifs is 1. The molecule has 0 aromatic heterocycles. The van der Waals surface area contributed by atoms with Crippen LogP contribution in [0.2, 0.25) is 0 Å². The van der Waals surface area contributed by atoms with Crippen LogP contribution in [0.5, 0.6) is 11.5 Å². The molecule has 1 atom stereocenters. The lowest BCUT2D eigenvalue weighted by molar-refractivity contribution is -0.153. The van der Waals surface area contributed by atoms with Crippen molar-refractivity contribution in [1.82, 2.24) is 0 Å². The van der Waals surface area contributed by atoms with Crippen molar-refractivity contribution in [2.24, 2.45) is 0 Å². The average Bonchev–Trinajstić information content (AvgIpc) is 2.87. The summed E-state index contributed by atoms with van der Waals surface area (Å²) in [5.41, 5.74) is 2.46. The topological polar surface area (TPSA) is 94.2 Å². The van der Waals surface area contributed by atoms with Crippen molar-refractivity contribution >= 4 is 29.2 Å². The first kappa shape index (κ1) is 22.8. The quantitative estimate of drug-likeness (QED) is 0.563. The summed E-state index contributed by atoms with van der Waals surface area (Å²) in [6, 6.07) is 20.8. The Morgan fingerprint density at radius 3 is 2.38 bits per heavy atom. The summed E-state index contributed by atoms with van der Waals surface area (Å²) in [4.78, 5) is 38.6. The molecule has 1 N–H and O–H groups in total. The Balaban J connectivity index is 1.33. The van der Waals surface area contributed by atoms with Gasteiger partial charge in [0.15, 0.2) is 0 Å². The molecule has 8 nitrogen and oxygen atoms in total. The van der Waals surface area contributed by atoms with Crippen LogP contribution in [0.25, 0.3) is 0 Å². The van der Waals surface area contributed by atoms with E-state index < -0.39 is 12.1 Å². The Morgan fingerprint density at radius 2 is 1.71 bits per heavy atom. The van der Waals surface area contributed by atoms with Crippen LogP contribution in [0.1, 0.15) is 22.8 Å². The van der Waals surface area contributed by atoms with Gasteiger partial charge in [-0.15, -0.1) is 0 Å². The zero-order valence-electron chi connectivity index (χ0n) is 18.8. The summed E-state index contributed by atoms with van der Waals surface area (Å²) < 4.78 is 16.3. The zero-order chi connectivity index (χ0) is 24.1. The number of nitrogens with zero attached hydrogens (tertiary/aromatic N) is 1. The maximum atomic E-state index is 12.6. The number of hydrogen-bond acceptors (Lipinski definition) is 6. The number of esters is 1. The third-order valence-electron chi connectivity index (χ3n) is 5.36. The van der Waals surface area contributed by atoms with Gasteiger partial charge in [-0.25, -0.2) is 4.79 Å². The molecule has 0 saturated heterocycles. The Morgan fingerprint density at radius 1 is 1.00 bits per heavy atom. The Bertz CT molecular complexity index is 1190. The fraction of sp³-hybridized carbons (Fsp3) is 0.192. The number of ether oxygens (including phenoxy) is 3. The van der Waals surface area contributed by atoms with Gasteiger partial charge in [-0.1, -0.05) is 24.3 Å². The van der Waals surface area contributed by atoms with Gasteiger partial charge in [0.1, 0.15) is 18.1 Å². The van der Waals surface area contributed by atoms with E-state index in [0.717, 1.165) is 0 Å². The predicted molar refractivity (Wildman–Crippen MR) is 126 cm³/mol. The third-order valence-corrected chi connectivity index (χ3v) is 5.36. The molecule has 1 unspecified atom stereocenters. The molecule has 0 radical (unpaired) electrons. The molecule has 0 saturated carbocycles. The SMILES string of the molecule is COc1ccc(NC(=O)c2ccc(COC(=O)C3CN(C(C)=O)c4ccccc4O3)cc2)cc1. The standard InChI is InChI=1S/C26H24N2O6/c1-17(29)28-15-24(34-23-6-4-3-5-22(23)28)26(31)33-16-18-7-9-19(10-8-18)25(30)27-20-11-13-21(32-2)14-12-20/h3-14,24H,15-16H2,1-2H3,(H,27,30). The van der Waals surface area contributed by atoms with Crippen LogP contribution in [0.3, 0.4) is 0 Å². The van der Waals surface area contributed by atoms with Gasteiger partial charge in [0.25, 0.3) is 5.91 Å². The molecule has 4 rings (SSSR count). The molecule has 0 spiro atoms. The lowest BCUT2D eigenvalue weighted by Crippen LogP contribution is -2.47. The Hall–Kier alpha value is -4.33. The summed E-state index contributed by atoms with van der Waals surface area (Å²) in [6.45, 7) is 1.53. The highest BCUT2D eigenvalue weighted by molar-refractivity contribution is 6.04. The van der Waals surface area contributed by atoms with E-state index in [4.69, 9.17) is 14.2 Å². The van der Waals surface area contributed by atoms with Gasteiger partial charge in [0.05, 0.1) is 19.3 Å². The van der Waals surface area contributed by atoms with E-state index in [9.17, 15) is 14.4 Å². The first-order valence-electron chi connectivity index (χ1n) is 10.7. The van der Waals surface area contributed by atoms with E-state index in [0.29, 0.717) is 34.0 Å². The van der Waals surface area contributed by atoms with Crippen molar-refractivity contribution < 1.29 is 28.6 Å². The molecule has 1 heterocycles. The number of carbonyl (C=O) groups is 3. The second kappa shape index (κ2) is 10.1. The van der Waals surface area contributed by atoms with E-state index in [2.05, 4.69) is 5.32 Å². The largest absolute Gasteiger partial charge is 0.497 e. The smallest absolute Gasteiger partial charge is 0.349 e. The van der Waals surface area contributed by atoms with E-state index in [-0.39, 0.29) is 25.0 Å². The normalized spacial score (nSPS) is 14.4. The van der Waals surface area contributed by atoms with Gasteiger partial charge in [-0.3, -0.25) is 9.59 Å². The summed E-state index contributed by atoms with van der Waals surface area (Å²) in [6.07, 6.45) is -0.923. The Labute approximate surface area is 197 Å². The highest BCUT2D eigenvalue weighted by Crippen LogP contribution is 2.33. The molecule has 0 fully saturated rings. The molecule has 1 aliphatic heterocycles. The molecule has 2 amide bonds. The Kier molecular flexibility index (Phi) is 6.77. The maximum Gasteiger partial charge on any atom is 0.349 e. The van der Waals surface area contributed by atoms with Crippen LogP contribution in [-0.2, 0) is 20.9 Å². The van der Waals surface area contributed by atoms with Crippen molar-refractivity contribution in [2.75, 3.05) is 23.9 Å². The fourth-order valence-electron chi connectivity index (χ4n) is 3.53. The molecule has 174 valence electrons. The summed E-state index contributed by atoms with van der Waals surface area (Å²) in [7, 11) is 1.58.